The van der Waals surface area contributed by atoms with Crippen LogP contribution in [0.1, 0.15) is 31.7 Å². The predicted molar refractivity (Wildman–Crippen MR) is 104 cm³/mol. The minimum Gasteiger partial charge on any atom is -0.327 e. The average molecular weight is 342 g/mol. The molecular weight excluding hydrogens is 312 g/mol. The predicted octanol–water partition coefficient (Wildman–Crippen LogP) is 3.53. The first-order valence-corrected chi connectivity index (χ1v) is 9.09. The first kappa shape index (κ1) is 19.2. The summed E-state index contributed by atoms with van der Waals surface area (Å²) in [5.74, 6) is 1.13. The van der Waals surface area contributed by atoms with Crippen molar-refractivity contribution in [1.82, 2.24) is 19.9 Å². The molecule has 2 rings (SSSR count). The number of aromatic nitrogens is 2. The van der Waals surface area contributed by atoms with E-state index in [0.717, 1.165) is 56.8 Å². The summed E-state index contributed by atoms with van der Waals surface area (Å²) in [6, 6.07) is 6.44. The van der Waals surface area contributed by atoms with Gasteiger partial charge in [0.05, 0.1) is 11.0 Å². The van der Waals surface area contributed by atoms with Gasteiger partial charge in [-0.05, 0) is 43.6 Å². The summed E-state index contributed by atoms with van der Waals surface area (Å²) in [6.07, 6.45) is 7.98. The van der Waals surface area contributed by atoms with Crippen molar-refractivity contribution in [1.29, 1.82) is 0 Å². The quantitative estimate of drug-likeness (QED) is 0.484. The standard InChI is InChI=1S/C20H30N4O/c1-4-7-10-20-22-18-16-17(9-8-13-21-25)11-12-19(18)24(20)15-14-23(5-2)6-3/h4,8,11-13,16,21,25H,1,5-7,9-10,14-15H2,2-3H3/b13-8+. The Labute approximate surface area is 150 Å². The van der Waals surface area contributed by atoms with Crippen LogP contribution in [0.4, 0.5) is 0 Å². The number of rotatable bonds is 11. The number of nitrogens with zero attached hydrogens (tertiary/aromatic N) is 3. The van der Waals surface area contributed by atoms with Gasteiger partial charge in [-0.2, -0.15) is 0 Å². The third-order valence-corrected chi connectivity index (χ3v) is 4.54. The number of allylic oxidation sites excluding steroid dienone is 2. The summed E-state index contributed by atoms with van der Waals surface area (Å²) >= 11 is 0. The zero-order valence-corrected chi connectivity index (χ0v) is 15.4. The van der Waals surface area contributed by atoms with E-state index in [1.165, 1.54) is 17.3 Å². The highest BCUT2D eigenvalue weighted by molar-refractivity contribution is 5.77. The van der Waals surface area contributed by atoms with Crippen LogP contribution >= 0.6 is 0 Å². The Hall–Kier alpha value is -2.11. The number of fused-ring (bicyclic) bond motifs is 1. The van der Waals surface area contributed by atoms with Crippen LogP contribution in [0.2, 0.25) is 0 Å². The van der Waals surface area contributed by atoms with E-state index in [2.05, 4.69) is 48.1 Å². The Bertz CT molecular complexity index is 701. The molecule has 0 fully saturated rings. The second-order valence-electron chi connectivity index (χ2n) is 6.09. The molecule has 0 atom stereocenters. The van der Waals surface area contributed by atoms with E-state index in [1.54, 1.807) is 0 Å². The zero-order valence-electron chi connectivity index (χ0n) is 15.4. The fraction of sp³-hybridized carbons (Fsp3) is 0.450. The highest BCUT2D eigenvalue weighted by Gasteiger charge is 2.11. The van der Waals surface area contributed by atoms with E-state index in [1.807, 2.05) is 17.6 Å². The zero-order chi connectivity index (χ0) is 18.1. The van der Waals surface area contributed by atoms with Gasteiger partial charge in [0.25, 0.3) is 0 Å². The van der Waals surface area contributed by atoms with Gasteiger partial charge in [0.15, 0.2) is 0 Å². The number of hydroxylamine groups is 1. The summed E-state index contributed by atoms with van der Waals surface area (Å²) < 4.78 is 2.35. The molecule has 25 heavy (non-hydrogen) atoms. The minimum atomic E-state index is 0.762. The largest absolute Gasteiger partial charge is 0.327 e. The maximum atomic E-state index is 8.62. The van der Waals surface area contributed by atoms with Gasteiger partial charge in [0.2, 0.25) is 0 Å². The van der Waals surface area contributed by atoms with Gasteiger partial charge in [-0.15, -0.1) is 6.58 Å². The molecule has 5 nitrogen and oxygen atoms in total. The Balaban J connectivity index is 2.28. The van der Waals surface area contributed by atoms with Crippen LogP contribution in [0, 0.1) is 0 Å². The SMILES string of the molecule is C=CCCc1nc2cc(C/C=C/NO)ccc2n1CCN(CC)CC. The first-order valence-electron chi connectivity index (χ1n) is 9.09. The molecule has 0 aliphatic carbocycles. The number of aryl methyl sites for hydroxylation is 1. The van der Waals surface area contributed by atoms with E-state index in [9.17, 15) is 0 Å². The van der Waals surface area contributed by atoms with E-state index >= 15 is 0 Å². The smallest absolute Gasteiger partial charge is 0.110 e. The van der Waals surface area contributed by atoms with Crippen LogP contribution in [-0.2, 0) is 19.4 Å². The van der Waals surface area contributed by atoms with Crippen molar-refractivity contribution in [2.24, 2.45) is 0 Å². The molecule has 0 saturated heterocycles. The van der Waals surface area contributed by atoms with Crippen LogP contribution in [0.3, 0.4) is 0 Å². The molecule has 1 heterocycles. The van der Waals surface area contributed by atoms with Gasteiger partial charge >= 0.3 is 0 Å². The van der Waals surface area contributed by atoms with Crippen molar-refractivity contribution >= 4 is 11.0 Å². The molecule has 2 N–H and O–H groups in total. The lowest BCUT2D eigenvalue weighted by Crippen LogP contribution is -2.27. The van der Waals surface area contributed by atoms with E-state index in [4.69, 9.17) is 10.2 Å². The fourth-order valence-corrected chi connectivity index (χ4v) is 3.05. The third-order valence-electron chi connectivity index (χ3n) is 4.54. The van der Waals surface area contributed by atoms with E-state index in [-0.39, 0.29) is 0 Å². The number of nitrogens with one attached hydrogen (secondary N) is 1. The highest BCUT2D eigenvalue weighted by Crippen LogP contribution is 2.20. The maximum absolute atomic E-state index is 8.62. The lowest BCUT2D eigenvalue weighted by molar-refractivity contribution is 0.214. The van der Waals surface area contributed by atoms with Crippen molar-refractivity contribution in [2.75, 3.05) is 19.6 Å². The van der Waals surface area contributed by atoms with Gasteiger partial charge in [-0.3, -0.25) is 10.7 Å². The molecule has 0 spiro atoms. The van der Waals surface area contributed by atoms with Crippen molar-refractivity contribution in [3.05, 3.63) is 54.5 Å². The lowest BCUT2D eigenvalue weighted by Gasteiger charge is -2.19. The number of imidazole rings is 1. The Kier molecular flexibility index (Phi) is 7.70. The summed E-state index contributed by atoms with van der Waals surface area (Å²) in [5, 5.41) is 8.62. The molecule has 0 unspecified atom stereocenters. The molecule has 5 heteroatoms. The van der Waals surface area contributed by atoms with Crippen molar-refractivity contribution in [2.45, 2.75) is 39.7 Å². The number of benzene rings is 1. The van der Waals surface area contributed by atoms with Gasteiger partial charge < -0.3 is 9.47 Å². The summed E-state index contributed by atoms with van der Waals surface area (Å²) in [7, 11) is 0. The molecule has 2 aromatic rings. The van der Waals surface area contributed by atoms with Crippen molar-refractivity contribution in [3.8, 4) is 0 Å². The minimum absolute atomic E-state index is 0.762. The average Bonchev–Trinajstić information content (AvgIpc) is 2.98. The normalized spacial score (nSPS) is 11.7. The van der Waals surface area contributed by atoms with Crippen LogP contribution in [-0.4, -0.2) is 39.3 Å². The molecule has 0 amide bonds. The molecular formula is C20H30N4O. The van der Waals surface area contributed by atoms with Gasteiger partial charge in [0, 0.05) is 25.7 Å². The molecule has 136 valence electrons. The Morgan fingerprint density at radius 1 is 1.32 bits per heavy atom. The summed E-state index contributed by atoms with van der Waals surface area (Å²) in [4.78, 5) is 7.31. The summed E-state index contributed by atoms with van der Waals surface area (Å²) in [5.41, 5.74) is 5.46. The van der Waals surface area contributed by atoms with E-state index < -0.39 is 0 Å². The molecule has 0 aliphatic heterocycles. The van der Waals surface area contributed by atoms with Crippen molar-refractivity contribution in [3.63, 3.8) is 0 Å². The molecule has 0 aliphatic rings. The summed E-state index contributed by atoms with van der Waals surface area (Å²) in [6.45, 7) is 12.4. The topological polar surface area (TPSA) is 53.3 Å². The molecule has 0 saturated carbocycles. The third kappa shape index (κ3) is 5.18. The number of hydrogen-bond donors (Lipinski definition) is 2. The van der Waals surface area contributed by atoms with Crippen LogP contribution < -0.4 is 5.48 Å². The van der Waals surface area contributed by atoms with Crippen molar-refractivity contribution < 1.29 is 5.21 Å². The first-order chi connectivity index (χ1) is 12.2. The van der Waals surface area contributed by atoms with Crippen LogP contribution in [0.5, 0.6) is 0 Å². The highest BCUT2D eigenvalue weighted by atomic mass is 16.5. The van der Waals surface area contributed by atoms with Crippen LogP contribution in [0.25, 0.3) is 11.0 Å². The second-order valence-corrected chi connectivity index (χ2v) is 6.09. The molecule has 1 aromatic heterocycles. The fourth-order valence-electron chi connectivity index (χ4n) is 3.05. The van der Waals surface area contributed by atoms with Crippen LogP contribution in [0.15, 0.2) is 43.1 Å². The lowest BCUT2D eigenvalue weighted by atomic mass is 10.1. The molecule has 1 aromatic carbocycles. The van der Waals surface area contributed by atoms with Gasteiger partial charge in [0.1, 0.15) is 5.82 Å². The molecule has 0 radical (unpaired) electrons. The second kappa shape index (κ2) is 10.0. The van der Waals surface area contributed by atoms with E-state index in [0.29, 0.717) is 0 Å². The molecule has 0 bridgehead atoms. The van der Waals surface area contributed by atoms with Gasteiger partial charge in [-0.1, -0.05) is 32.1 Å². The Morgan fingerprint density at radius 3 is 2.80 bits per heavy atom. The number of likely N-dealkylation sites (N-methyl/N-ethyl adjacent to an activating group) is 1. The monoisotopic (exact) mass is 342 g/mol. The van der Waals surface area contributed by atoms with Gasteiger partial charge in [-0.25, -0.2) is 4.98 Å². The Morgan fingerprint density at radius 2 is 2.12 bits per heavy atom. The maximum Gasteiger partial charge on any atom is 0.110 e. The number of hydrogen-bond acceptors (Lipinski definition) is 4.